The van der Waals surface area contributed by atoms with Gasteiger partial charge in [0.15, 0.2) is 0 Å². The number of aliphatic hydroxyl groups excluding tert-OH is 1. The number of carbonyl (C=O) groups excluding carboxylic acids is 2. The van der Waals surface area contributed by atoms with Crippen LogP contribution >= 0.6 is 0 Å². The van der Waals surface area contributed by atoms with E-state index < -0.39 is 12.1 Å². The van der Waals surface area contributed by atoms with Crippen LogP contribution in [0.3, 0.4) is 0 Å². The Labute approximate surface area is 118 Å². The van der Waals surface area contributed by atoms with Crippen LogP contribution in [0.15, 0.2) is 24.3 Å². The molecule has 1 aromatic rings. The van der Waals surface area contributed by atoms with Crippen LogP contribution in [0.1, 0.15) is 36.9 Å². The van der Waals surface area contributed by atoms with E-state index >= 15 is 0 Å². The maximum absolute atomic E-state index is 12.0. The number of benzene rings is 1. The maximum atomic E-state index is 12.0. The largest absolute Gasteiger partial charge is 0.394 e. The van der Waals surface area contributed by atoms with Gasteiger partial charge in [0.2, 0.25) is 11.8 Å². The molecule has 20 heavy (non-hydrogen) atoms. The fourth-order valence-corrected chi connectivity index (χ4v) is 2.30. The number of aliphatic hydroxyl groups is 1. The predicted octanol–water partition coefficient (Wildman–Crippen LogP) is 0.677. The second kappa shape index (κ2) is 6.52. The molecule has 2 atom stereocenters. The minimum atomic E-state index is -0.480. The summed E-state index contributed by atoms with van der Waals surface area (Å²) in [4.78, 5) is 23.1. The zero-order valence-corrected chi connectivity index (χ0v) is 11.6. The highest BCUT2D eigenvalue weighted by atomic mass is 16.3. The molecule has 1 aliphatic heterocycles. The molecule has 5 heteroatoms. The quantitative estimate of drug-likeness (QED) is 0.740. The fraction of sp³-hybridized carbons (Fsp3) is 0.467. The number of hydrogen-bond acceptors (Lipinski definition) is 3. The van der Waals surface area contributed by atoms with Crippen molar-refractivity contribution in [1.29, 1.82) is 0 Å². The molecular weight excluding hydrogens is 256 g/mol. The van der Waals surface area contributed by atoms with E-state index in [4.69, 9.17) is 0 Å². The summed E-state index contributed by atoms with van der Waals surface area (Å²) < 4.78 is 0. The van der Waals surface area contributed by atoms with E-state index in [2.05, 4.69) is 17.6 Å². The Hall–Kier alpha value is -1.88. The molecule has 2 rings (SSSR count). The molecule has 0 aromatic heterocycles. The Morgan fingerprint density at radius 1 is 1.45 bits per heavy atom. The van der Waals surface area contributed by atoms with Crippen LogP contribution in [-0.4, -0.2) is 29.6 Å². The van der Waals surface area contributed by atoms with Crippen LogP contribution in [0.25, 0.3) is 0 Å². The first-order valence-electron chi connectivity index (χ1n) is 6.93. The Kier molecular flexibility index (Phi) is 4.74. The molecule has 1 aromatic carbocycles. The average Bonchev–Trinajstić information content (AvgIpc) is 2.91. The highest BCUT2D eigenvalue weighted by Gasteiger charge is 2.28. The van der Waals surface area contributed by atoms with Crippen LogP contribution in [0.5, 0.6) is 0 Å². The molecule has 2 unspecified atom stereocenters. The van der Waals surface area contributed by atoms with Gasteiger partial charge in [-0.15, -0.1) is 0 Å². The van der Waals surface area contributed by atoms with Crippen LogP contribution in [0.2, 0.25) is 0 Å². The van der Waals surface area contributed by atoms with E-state index in [0.717, 1.165) is 12.0 Å². The van der Waals surface area contributed by atoms with E-state index in [-0.39, 0.29) is 18.4 Å². The van der Waals surface area contributed by atoms with Gasteiger partial charge >= 0.3 is 0 Å². The molecule has 3 N–H and O–H groups in total. The van der Waals surface area contributed by atoms with Crippen LogP contribution in [0.4, 0.5) is 0 Å². The van der Waals surface area contributed by atoms with Crippen molar-refractivity contribution in [2.75, 3.05) is 6.61 Å². The van der Waals surface area contributed by atoms with Crippen molar-refractivity contribution in [2.45, 2.75) is 38.3 Å². The molecule has 1 saturated heterocycles. The lowest BCUT2D eigenvalue weighted by Gasteiger charge is -2.19. The summed E-state index contributed by atoms with van der Waals surface area (Å²) in [5, 5.41) is 14.8. The summed E-state index contributed by atoms with van der Waals surface area (Å²) in [5.41, 5.74) is 2.07. The van der Waals surface area contributed by atoms with Gasteiger partial charge in [0.1, 0.15) is 6.04 Å². The molecule has 0 aliphatic carbocycles. The highest BCUT2D eigenvalue weighted by molar-refractivity contribution is 5.90. The van der Waals surface area contributed by atoms with E-state index in [1.54, 1.807) is 0 Å². The third-order valence-corrected chi connectivity index (χ3v) is 3.60. The Morgan fingerprint density at radius 2 is 2.15 bits per heavy atom. The van der Waals surface area contributed by atoms with Crippen LogP contribution < -0.4 is 10.6 Å². The minimum Gasteiger partial charge on any atom is -0.394 e. The third kappa shape index (κ3) is 3.36. The number of hydrogen-bond donors (Lipinski definition) is 3. The van der Waals surface area contributed by atoms with Gasteiger partial charge in [0.25, 0.3) is 0 Å². The summed E-state index contributed by atoms with van der Waals surface area (Å²) >= 11 is 0. The second-order valence-corrected chi connectivity index (χ2v) is 5.00. The molecule has 0 spiro atoms. The summed E-state index contributed by atoms with van der Waals surface area (Å²) in [5.74, 6) is -0.340. The molecule has 5 nitrogen and oxygen atoms in total. The number of nitrogens with one attached hydrogen (secondary N) is 2. The number of rotatable bonds is 5. The molecule has 0 bridgehead atoms. The summed E-state index contributed by atoms with van der Waals surface area (Å²) in [6.07, 6.45) is 1.84. The number of amides is 2. The van der Waals surface area contributed by atoms with Crippen molar-refractivity contribution < 1.29 is 14.7 Å². The van der Waals surface area contributed by atoms with Crippen LogP contribution in [-0.2, 0) is 16.0 Å². The van der Waals surface area contributed by atoms with Gasteiger partial charge in [0.05, 0.1) is 12.6 Å². The van der Waals surface area contributed by atoms with Crippen molar-refractivity contribution >= 4 is 11.8 Å². The van der Waals surface area contributed by atoms with Gasteiger partial charge in [-0.1, -0.05) is 31.2 Å². The molecule has 2 amide bonds. The fourth-order valence-electron chi connectivity index (χ4n) is 2.30. The van der Waals surface area contributed by atoms with Gasteiger partial charge in [-0.2, -0.15) is 0 Å². The zero-order chi connectivity index (χ0) is 14.5. The van der Waals surface area contributed by atoms with Crippen molar-refractivity contribution in [3.63, 3.8) is 0 Å². The van der Waals surface area contributed by atoms with Crippen molar-refractivity contribution in [3.8, 4) is 0 Å². The average molecular weight is 276 g/mol. The molecule has 1 heterocycles. The lowest BCUT2D eigenvalue weighted by Crippen LogP contribution is -2.43. The normalized spacial score (nSPS) is 19.5. The van der Waals surface area contributed by atoms with E-state index in [1.807, 2.05) is 24.3 Å². The summed E-state index contributed by atoms with van der Waals surface area (Å²) in [6, 6.07) is 6.88. The minimum absolute atomic E-state index is 0.0991. The molecular formula is C15H20N2O3. The van der Waals surface area contributed by atoms with Gasteiger partial charge < -0.3 is 15.7 Å². The number of carbonyl (C=O) groups is 2. The lowest BCUT2D eigenvalue weighted by molar-refractivity contribution is -0.126. The highest BCUT2D eigenvalue weighted by Crippen LogP contribution is 2.15. The standard InChI is InChI=1S/C15H20N2O3/c1-2-10-3-5-11(6-4-10)13(9-18)17-15(20)12-7-8-14(19)16-12/h3-6,12-13,18H,2,7-9H2,1H3,(H,16,19)(H,17,20). The molecule has 1 aliphatic rings. The summed E-state index contributed by atoms with van der Waals surface area (Å²) in [7, 11) is 0. The monoisotopic (exact) mass is 276 g/mol. The van der Waals surface area contributed by atoms with Crippen molar-refractivity contribution in [2.24, 2.45) is 0 Å². The smallest absolute Gasteiger partial charge is 0.243 e. The number of aryl methyl sites for hydroxylation is 1. The van der Waals surface area contributed by atoms with E-state index in [1.165, 1.54) is 5.56 Å². The second-order valence-electron chi connectivity index (χ2n) is 5.00. The molecule has 0 radical (unpaired) electrons. The summed E-state index contributed by atoms with van der Waals surface area (Å²) in [6.45, 7) is 1.90. The van der Waals surface area contributed by atoms with Crippen LogP contribution in [0, 0.1) is 0 Å². The molecule has 0 saturated carbocycles. The lowest BCUT2D eigenvalue weighted by atomic mass is 10.0. The van der Waals surface area contributed by atoms with Crippen molar-refractivity contribution in [3.05, 3.63) is 35.4 Å². The third-order valence-electron chi connectivity index (χ3n) is 3.60. The SMILES string of the molecule is CCc1ccc(C(CO)NC(=O)C2CCC(=O)N2)cc1. The van der Waals surface area contributed by atoms with Gasteiger partial charge in [-0.3, -0.25) is 9.59 Å². The Balaban J connectivity index is 2.00. The Morgan fingerprint density at radius 3 is 2.65 bits per heavy atom. The first kappa shape index (κ1) is 14.5. The molecule has 1 fully saturated rings. The topological polar surface area (TPSA) is 78.4 Å². The van der Waals surface area contributed by atoms with E-state index in [9.17, 15) is 14.7 Å². The predicted molar refractivity (Wildman–Crippen MR) is 75.0 cm³/mol. The van der Waals surface area contributed by atoms with Crippen molar-refractivity contribution in [1.82, 2.24) is 10.6 Å². The zero-order valence-electron chi connectivity index (χ0n) is 11.6. The molecule has 108 valence electrons. The van der Waals surface area contributed by atoms with Gasteiger partial charge in [-0.25, -0.2) is 0 Å². The van der Waals surface area contributed by atoms with Gasteiger partial charge in [-0.05, 0) is 24.0 Å². The van der Waals surface area contributed by atoms with E-state index in [0.29, 0.717) is 12.8 Å². The van der Waals surface area contributed by atoms with Gasteiger partial charge in [0, 0.05) is 6.42 Å². The first-order chi connectivity index (χ1) is 9.63. The first-order valence-corrected chi connectivity index (χ1v) is 6.93. The maximum Gasteiger partial charge on any atom is 0.243 e. The Bertz CT molecular complexity index is 484.